The third kappa shape index (κ3) is 4.61. The maximum Gasteiger partial charge on any atom is 0.199 e. The van der Waals surface area contributed by atoms with Crippen LogP contribution in [0.25, 0.3) is 0 Å². The Labute approximate surface area is 195 Å². The number of carbonyl (C=O) groups excluding carboxylic acids is 1. The van der Waals surface area contributed by atoms with Gasteiger partial charge in [0.05, 0.1) is 0 Å². The van der Waals surface area contributed by atoms with E-state index in [1.54, 1.807) is 19.2 Å². The molecule has 0 radical (unpaired) electrons. The van der Waals surface area contributed by atoms with Gasteiger partial charge in [-0.25, -0.2) is 0 Å². The van der Waals surface area contributed by atoms with Crippen LogP contribution in [0.2, 0.25) is 0 Å². The molecule has 0 fully saturated rings. The summed E-state index contributed by atoms with van der Waals surface area (Å²) in [7, 11) is -1.46. The van der Waals surface area contributed by atoms with Crippen molar-refractivity contribution in [3.63, 3.8) is 0 Å². The number of rotatable bonds is 9. The summed E-state index contributed by atoms with van der Waals surface area (Å²) in [5.74, 6) is -0.135. The number of ketones is 1. The smallest absolute Gasteiger partial charge is 0.199 e. The number of hydrogen-bond donors (Lipinski definition) is 0. The maximum absolute atomic E-state index is 14.6. The minimum atomic E-state index is -3.02. The van der Waals surface area contributed by atoms with Gasteiger partial charge in [-0.1, -0.05) is 121 Å². The lowest BCUT2D eigenvalue weighted by atomic mass is 9.83. The first-order chi connectivity index (χ1) is 16.1. The average molecular weight is 455 g/mol. The van der Waals surface area contributed by atoms with Gasteiger partial charge in [0.2, 0.25) is 0 Å². The molecule has 0 saturated carbocycles. The zero-order chi connectivity index (χ0) is 23.2. The van der Waals surface area contributed by atoms with E-state index in [9.17, 15) is 9.36 Å². The molecule has 0 saturated heterocycles. The Morgan fingerprint density at radius 1 is 0.697 bits per heavy atom. The highest BCUT2D eigenvalue weighted by molar-refractivity contribution is 7.78. The number of Topliss-reactive ketones (excluding diaryl/α,β-unsaturated/α-hetero) is 1. The van der Waals surface area contributed by atoms with Crippen molar-refractivity contribution in [2.45, 2.75) is 12.0 Å². The standard InChI is InChI=1S/C29H27O3P/c1-32-29(25-16-8-3-9-17-25,28(30)24-14-6-2-7-15-24)22-23-33(31,26-18-10-4-11-19-26)27-20-12-5-13-21-27/h2-21H,22-23H2,1H3/t29-/m0/s1. The second-order valence-electron chi connectivity index (χ2n) is 7.98. The number of benzene rings is 4. The summed E-state index contributed by atoms with van der Waals surface area (Å²) in [6.07, 6.45) is 0.574. The van der Waals surface area contributed by atoms with Crippen molar-refractivity contribution in [3.8, 4) is 0 Å². The van der Waals surface area contributed by atoms with Crippen LogP contribution < -0.4 is 10.6 Å². The largest absolute Gasteiger partial charge is 0.365 e. The van der Waals surface area contributed by atoms with Crippen LogP contribution in [0.1, 0.15) is 22.3 Å². The Kier molecular flexibility index (Phi) is 7.03. The summed E-state index contributed by atoms with van der Waals surface area (Å²) in [4.78, 5) is 13.9. The molecule has 0 aliphatic rings. The van der Waals surface area contributed by atoms with E-state index < -0.39 is 12.7 Å². The number of hydrogen-bond acceptors (Lipinski definition) is 3. The highest BCUT2D eigenvalue weighted by Gasteiger charge is 2.43. The molecular formula is C29H27O3P. The van der Waals surface area contributed by atoms with Crippen LogP contribution in [0.15, 0.2) is 121 Å². The fraction of sp³-hybridized carbons (Fsp3) is 0.138. The molecule has 0 aliphatic heterocycles. The summed E-state index contributed by atoms with van der Waals surface area (Å²) in [6, 6.07) is 37.8. The molecule has 0 amide bonds. The fourth-order valence-corrected chi connectivity index (χ4v) is 7.04. The van der Waals surface area contributed by atoms with E-state index in [0.29, 0.717) is 11.7 Å². The minimum absolute atomic E-state index is 0.135. The number of ether oxygens (including phenoxy) is 1. The van der Waals surface area contributed by atoms with Crippen molar-refractivity contribution >= 4 is 23.5 Å². The molecule has 33 heavy (non-hydrogen) atoms. The molecule has 4 aromatic carbocycles. The Balaban J connectivity index is 1.80. The van der Waals surface area contributed by atoms with Gasteiger partial charge in [0.15, 0.2) is 11.4 Å². The molecule has 0 heterocycles. The maximum atomic E-state index is 14.6. The fourth-order valence-electron chi connectivity index (χ4n) is 4.29. The van der Waals surface area contributed by atoms with Crippen LogP contribution in [-0.4, -0.2) is 19.1 Å². The van der Waals surface area contributed by atoms with Gasteiger partial charge in [-0.2, -0.15) is 0 Å². The van der Waals surface area contributed by atoms with Gasteiger partial charge in [0, 0.05) is 29.4 Å². The Morgan fingerprint density at radius 3 is 1.58 bits per heavy atom. The van der Waals surface area contributed by atoms with E-state index in [0.717, 1.165) is 16.2 Å². The third-order valence-electron chi connectivity index (χ3n) is 6.12. The lowest BCUT2D eigenvalue weighted by Crippen LogP contribution is -2.39. The van der Waals surface area contributed by atoms with Crippen molar-refractivity contribution in [1.29, 1.82) is 0 Å². The van der Waals surface area contributed by atoms with Gasteiger partial charge in [0.1, 0.15) is 7.14 Å². The quantitative estimate of drug-likeness (QED) is 0.237. The van der Waals surface area contributed by atoms with E-state index in [2.05, 4.69) is 0 Å². The summed E-state index contributed by atoms with van der Waals surface area (Å²) in [6.45, 7) is 0. The van der Waals surface area contributed by atoms with Crippen LogP contribution in [-0.2, 0) is 14.9 Å². The first-order valence-corrected chi connectivity index (χ1v) is 12.9. The van der Waals surface area contributed by atoms with Crippen molar-refractivity contribution in [3.05, 3.63) is 132 Å². The predicted octanol–water partition coefficient (Wildman–Crippen LogP) is 5.82. The normalized spacial score (nSPS) is 13.2. The van der Waals surface area contributed by atoms with E-state index in [1.807, 2.05) is 109 Å². The monoisotopic (exact) mass is 454 g/mol. The summed E-state index contributed by atoms with van der Waals surface area (Å²) in [5.41, 5.74) is 0.0773. The molecule has 4 rings (SSSR count). The van der Waals surface area contributed by atoms with Crippen LogP contribution in [0.3, 0.4) is 0 Å². The topological polar surface area (TPSA) is 43.4 Å². The zero-order valence-corrected chi connectivity index (χ0v) is 19.5. The van der Waals surface area contributed by atoms with Crippen LogP contribution in [0.5, 0.6) is 0 Å². The molecule has 0 spiro atoms. The number of carbonyl (C=O) groups is 1. The second kappa shape index (κ2) is 10.1. The molecule has 0 aliphatic carbocycles. The first-order valence-electron chi connectivity index (χ1n) is 11.0. The lowest BCUT2D eigenvalue weighted by molar-refractivity contribution is -0.00298. The second-order valence-corrected chi connectivity index (χ2v) is 10.9. The molecule has 4 aromatic rings. The highest BCUT2D eigenvalue weighted by Crippen LogP contribution is 2.47. The van der Waals surface area contributed by atoms with Crippen molar-refractivity contribution in [2.24, 2.45) is 0 Å². The van der Waals surface area contributed by atoms with E-state index >= 15 is 0 Å². The van der Waals surface area contributed by atoms with Crippen molar-refractivity contribution < 1.29 is 14.1 Å². The third-order valence-corrected chi connectivity index (χ3v) is 9.23. The van der Waals surface area contributed by atoms with Crippen molar-refractivity contribution in [2.75, 3.05) is 13.3 Å². The van der Waals surface area contributed by atoms with Gasteiger partial charge in [-0.15, -0.1) is 0 Å². The average Bonchev–Trinajstić information content (AvgIpc) is 2.91. The van der Waals surface area contributed by atoms with Crippen LogP contribution in [0.4, 0.5) is 0 Å². The minimum Gasteiger partial charge on any atom is -0.365 e. The molecule has 3 nitrogen and oxygen atoms in total. The lowest BCUT2D eigenvalue weighted by Gasteiger charge is -2.33. The van der Waals surface area contributed by atoms with E-state index in [1.165, 1.54) is 0 Å². The summed E-state index contributed by atoms with van der Waals surface area (Å²) >= 11 is 0. The van der Waals surface area contributed by atoms with Gasteiger partial charge in [-0.05, 0) is 12.0 Å². The molecule has 1 atom stereocenters. The molecular weight excluding hydrogens is 427 g/mol. The molecule has 4 heteroatoms. The molecule has 0 N–H and O–H groups in total. The molecule has 0 unspecified atom stereocenters. The number of methoxy groups -OCH3 is 1. The van der Waals surface area contributed by atoms with Gasteiger partial charge >= 0.3 is 0 Å². The van der Waals surface area contributed by atoms with Gasteiger partial charge in [0.25, 0.3) is 0 Å². The Bertz CT molecular complexity index is 1180. The first kappa shape index (κ1) is 22.9. The molecule has 0 aromatic heterocycles. The van der Waals surface area contributed by atoms with Crippen LogP contribution in [0, 0.1) is 0 Å². The van der Waals surface area contributed by atoms with Gasteiger partial charge in [-0.3, -0.25) is 4.79 Å². The van der Waals surface area contributed by atoms with E-state index in [4.69, 9.17) is 4.74 Å². The SMILES string of the molecule is CO[C@](CCP(=O)(c1ccccc1)c1ccccc1)(C(=O)c1ccccc1)c1ccccc1. The van der Waals surface area contributed by atoms with Crippen molar-refractivity contribution in [1.82, 2.24) is 0 Å². The molecule has 0 bridgehead atoms. The summed E-state index contributed by atoms with van der Waals surface area (Å²) in [5, 5.41) is 1.56. The summed E-state index contributed by atoms with van der Waals surface area (Å²) < 4.78 is 20.6. The molecule has 166 valence electrons. The zero-order valence-electron chi connectivity index (χ0n) is 18.6. The highest BCUT2D eigenvalue weighted by atomic mass is 31.2. The Morgan fingerprint density at radius 2 is 1.12 bits per heavy atom. The van der Waals surface area contributed by atoms with E-state index in [-0.39, 0.29) is 12.2 Å². The van der Waals surface area contributed by atoms with Gasteiger partial charge < -0.3 is 9.30 Å². The Hall–Kier alpha value is -3.26. The predicted molar refractivity (Wildman–Crippen MR) is 135 cm³/mol. The van der Waals surface area contributed by atoms with Crippen LogP contribution >= 0.6 is 7.14 Å².